The highest BCUT2D eigenvalue weighted by molar-refractivity contribution is 9.10. The van der Waals surface area contributed by atoms with Crippen LogP contribution in [0.15, 0.2) is 22.7 Å². The third-order valence-electron chi connectivity index (χ3n) is 1.93. The molecule has 11 heteroatoms. The zero-order chi connectivity index (χ0) is 15.6. The molecule has 5 nitrogen and oxygen atoms in total. The van der Waals surface area contributed by atoms with E-state index in [-0.39, 0.29) is 26.5 Å². The van der Waals surface area contributed by atoms with E-state index in [1.165, 1.54) is 12.1 Å². The summed E-state index contributed by atoms with van der Waals surface area (Å²) in [6.45, 7) is 0. The second-order valence-corrected chi connectivity index (χ2v) is 4.97. The Kier molecular flexibility index (Phi) is 4.74. The number of nitrogens with zero attached hydrogens (tertiary/aromatic N) is 3. The molecule has 0 saturated heterocycles. The molecule has 0 bridgehead atoms. The van der Waals surface area contributed by atoms with Crippen LogP contribution in [0.25, 0.3) is 0 Å². The Bertz CT molecular complexity index is 672. The number of halogens is 6. The molecule has 0 aliphatic rings. The first-order chi connectivity index (χ1) is 9.74. The summed E-state index contributed by atoms with van der Waals surface area (Å²) in [5.41, 5.74) is 0. The molecule has 0 aliphatic carbocycles. The fourth-order valence-electron chi connectivity index (χ4n) is 1.21. The van der Waals surface area contributed by atoms with Crippen molar-refractivity contribution < 1.29 is 22.6 Å². The molecule has 0 unspecified atom stereocenters. The second kappa shape index (κ2) is 6.20. The van der Waals surface area contributed by atoms with Gasteiger partial charge in [-0.2, -0.15) is 4.98 Å². The summed E-state index contributed by atoms with van der Waals surface area (Å²) in [7, 11) is 0. The standard InChI is InChI=1S/C10H3BrCl2F3N3O2/c11-5-3-4(1-2-6(5)21-10(14,15)16)20-8-7(12)18-19-9(13)17-8/h1-3H. The van der Waals surface area contributed by atoms with Crippen molar-refractivity contribution in [2.45, 2.75) is 6.36 Å². The molecule has 0 fully saturated rings. The average molecular weight is 405 g/mol. The molecule has 112 valence electrons. The van der Waals surface area contributed by atoms with Crippen molar-refractivity contribution in [3.05, 3.63) is 33.1 Å². The third-order valence-corrected chi connectivity index (χ3v) is 2.95. The third kappa shape index (κ3) is 4.58. The monoisotopic (exact) mass is 403 g/mol. The van der Waals surface area contributed by atoms with Gasteiger partial charge in [0.15, 0.2) is 0 Å². The first-order valence-corrected chi connectivity index (χ1v) is 6.58. The molecule has 0 N–H and O–H groups in total. The van der Waals surface area contributed by atoms with Crippen LogP contribution < -0.4 is 9.47 Å². The maximum atomic E-state index is 12.1. The number of ether oxygens (including phenoxy) is 2. The molecule has 2 aromatic rings. The Labute approximate surface area is 134 Å². The van der Waals surface area contributed by atoms with Gasteiger partial charge in [-0.05, 0) is 45.7 Å². The maximum absolute atomic E-state index is 12.1. The van der Waals surface area contributed by atoms with Crippen molar-refractivity contribution in [1.29, 1.82) is 0 Å². The van der Waals surface area contributed by atoms with E-state index in [1.54, 1.807) is 0 Å². The molecule has 21 heavy (non-hydrogen) atoms. The number of hydrogen-bond donors (Lipinski definition) is 0. The molecule has 0 aliphatic heterocycles. The number of aromatic nitrogens is 3. The Morgan fingerprint density at radius 2 is 1.86 bits per heavy atom. The van der Waals surface area contributed by atoms with Crippen LogP contribution in [0.5, 0.6) is 17.4 Å². The summed E-state index contributed by atoms with van der Waals surface area (Å²) < 4.78 is 45.5. The predicted octanol–water partition coefficient (Wildman–Crippen LogP) is 4.63. The van der Waals surface area contributed by atoms with Gasteiger partial charge in [-0.1, -0.05) is 11.6 Å². The van der Waals surface area contributed by atoms with E-state index >= 15 is 0 Å². The summed E-state index contributed by atoms with van der Waals surface area (Å²) in [5.74, 6) is -0.400. The summed E-state index contributed by atoms with van der Waals surface area (Å²) in [6.07, 6.45) is -4.79. The number of hydrogen-bond acceptors (Lipinski definition) is 5. The predicted molar refractivity (Wildman–Crippen MR) is 70.7 cm³/mol. The van der Waals surface area contributed by atoms with E-state index in [9.17, 15) is 13.2 Å². The highest BCUT2D eigenvalue weighted by atomic mass is 79.9. The Morgan fingerprint density at radius 1 is 1.14 bits per heavy atom. The molecule has 0 saturated carbocycles. The zero-order valence-electron chi connectivity index (χ0n) is 9.66. The van der Waals surface area contributed by atoms with Crippen molar-refractivity contribution in [1.82, 2.24) is 15.2 Å². The van der Waals surface area contributed by atoms with Gasteiger partial charge in [-0.25, -0.2) is 0 Å². The maximum Gasteiger partial charge on any atom is 0.573 e. The smallest absolute Gasteiger partial charge is 0.436 e. The minimum absolute atomic E-state index is 0.0292. The first kappa shape index (κ1) is 16.1. The van der Waals surface area contributed by atoms with Crippen LogP contribution in [0.2, 0.25) is 10.4 Å². The fraction of sp³-hybridized carbons (Fsp3) is 0.100. The lowest BCUT2D eigenvalue weighted by molar-refractivity contribution is -0.274. The molecule has 0 amide bonds. The van der Waals surface area contributed by atoms with Gasteiger partial charge in [0.25, 0.3) is 5.88 Å². The van der Waals surface area contributed by atoms with Crippen molar-refractivity contribution in [3.8, 4) is 17.4 Å². The Balaban J connectivity index is 2.22. The normalized spacial score (nSPS) is 11.3. The largest absolute Gasteiger partial charge is 0.573 e. The minimum atomic E-state index is -4.79. The van der Waals surface area contributed by atoms with Gasteiger partial charge >= 0.3 is 6.36 Å². The van der Waals surface area contributed by atoms with Gasteiger partial charge in [-0.3, -0.25) is 0 Å². The van der Waals surface area contributed by atoms with E-state index in [4.69, 9.17) is 27.9 Å². The van der Waals surface area contributed by atoms with E-state index in [0.29, 0.717) is 0 Å². The second-order valence-electron chi connectivity index (χ2n) is 3.42. The Morgan fingerprint density at radius 3 is 2.48 bits per heavy atom. The van der Waals surface area contributed by atoms with Gasteiger partial charge in [0.05, 0.1) is 4.47 Å². The van der Waals surface area contributed by atoms with Gasteiger partial charge in [0, 0.05) is 0 Å². The zero-order valence-corrected chi connectivity index (χ0v) is 12.8. The number of alkyl halides is 3. The summed E-state index contributed by atoms with van der Waals surface area (Å²) >= 11 is 14.2. The first-order valence-electron chi connectivity index (χ1n) is 5.03. The van der Waals surface area contributed by atoms with Crippen LogP contribution in [-0.4, -0.2) is 21.5 Å². The quantitative estimate of drug-likeness (QED) is 0.746. The minimum Gasteiger partial charge on any atom is -0.436 e. The molecular weight excluding hydrogens is 402 g/mol. The molecule has 1 aromatic heterocycles. The summed E-state index contributed by atoms with van der Waals surface area (Å²) in [6, 6.07) is 3.54. The highest BCUT2D eigenvalue weighted by Gasteiger charge is 2.32. The lowest BCUT2D eigenvalue weighted by Crippen LogP contribution is -2.17. The van der Waals surface area contributed by atoms with Crippen molar-refractivity contribution >= 4 is 39.1 Å². The van der Waals surface area contributed by atoms with Crippen LogP contribution in [0.4, 0.5) is 13.2 Å². The molecule has 1 heterocycles. The molecule has 0 radical (unpaired) electrons. The van der Waals surface area contributed by atoms with Gasteiger partial charge < -0.3 is 9.47 Å². The highest BCUT2D eigenvalue weighted by Crippen LogP contribution is 2.35. The van der Waals surface area contributed by atoms with Gasteiger partial charge in [0.1, 0.15) is 11.5 Å². The van der Waals surface area contributed by atoms with E-state index in [1.807, 2.05) is 0 Å². The van der Waals surface area contributed by atoms with Crippen LogP contribution in [0.1, 0.15) is 0 Å². The van der Waals surface area contributed by atoms with E-state index < -0.39 is 12.1 Å². The SMILES string of the molecule is FC(F)(F)Oc1ccc(Oc2nc(Cl)nnc2Cl)cc1Br. The van der Waals surface area contributed by atoms with Crippen molar-refractivity contribution in [2.75, 3.05) is 0 Å². The molecule has 2 rings (SSSR count). The molecule has 0 spiro atoms. The molecule has 1 aromatic carbocycles. The van der Waals surface area contributed by atoms with Crippen LogP contribution in [0, 0.1) is 0 Å². The summed E-state index contributed by atoms with van der Waals surface area (Å²) in [5, 5.41) is 6.53. The fourth-order valence-corrected chi connectivity index (χ4v) is 1.88. The van der Waals surface area contributed by atoms with E-state index in [0.717, 1.165) is 6.07 Å². The molecular formula is C10H3BrCl2F3N3O2. The van der Waals surface area contributed by atoms with Gasteiger partial charge in [0.2, 0.25) is 10.4 Å². The van der Waals surface area contributed by atoms with E-state index in [2.05, 4.69) is 35.8 Å². The molecule has 0 atom stereocenters. The average Bonchev–Trinajstić information content (AvgIpc) is 2.36. The Hall–Kier alpha value is -1.32. The van der Waals surface area contributed by atoms with Crippen LogP contribution >= 0.6 is 39.1 Å². The van der Waals surface area contributed by atoms with Crippen LogP contribution in [-0.2, 0) is 0 Å². The summed E-state index contributed by atoms with van der Waals surface area (Å²) in [4.78, 5) is 3.69. The topological polar surface area (TPSA) is 57.1 Å². The lowest BCUT2D eigenvalue weighted by Gasteiger charge is -2.11. The lowest BCUT2D eigenvalue weighted by atomic mass is 10.3. The van der Waals surface area contributed by atoms with Crippen molar-refractivity contribution in [2.24, 2.45) is 0 Å². The van der Waals surface area contributed by atoms with Crippen molar-refractivity contribution in [3.63, 3.8) is 0 Å². The number of rotatable bonds is 3. The van der Waals surface area contributed by atoms with Crippen LogP contribution in [0.3, 0.4) is 0 Å². The van der Waals surface area contributed by atoms with Gasteiger partial charge in [-0.15, -0.1) is 23.4 Å². The number of benzene rings is 1.